The van der Waals surface area contributed by atoms with Crippen molar-refractivity contribution in [2.75, 3.05) is 31.2 Å². The summed E-state index contributed by atoms with van der Waals surface area (Å²) in [5.74, 6) is -0.123. The molecule has 1 rings (SSSR count). The van der Waals surface area contributed by atoms with Crippen LogP contribution in [-0.2, 0) is 9.59 Å². The van der Waals surface area contributed by atoms with Gasteiger partial charge in [-0.05, 0) is 45.2 Å². The van der Waals surface area contributed by atoms with E-state index in [1.54, 1.807) is 24.3 Å². The number of nitrogens with zero attached hydrogens (tertiary/aromatic N) is 1. The van der Waals surface area contributed by atoms with Gasteiger partial charge in [0, 0.05) is 30.4 Å². The van der Waals surface area contributed by atoms with Gasteiger partial charge in [0.05, 0.1) is 6.54 Å². The van der Waals surface area contributed by atoms with Gasteiger partial charge in [0.25, 0.3) is 0 Å². The number of carbonyl (C=O) groups excluding carboxylic acids is 2. The Kier molecular flexibility index (Phi) is 6.68. The molecular formula is C15H24N4O2. The molecule has 0 saturated heterocycles. The van der Waals surface area contributed by atoms with Crippen molar-refractivity contribution in [1.29, 1.82) is 0 Å². The van der Waals surface area contributed by atoms with Gasteiger partial charge < -0.3 is 16.4 Å². The van der Waals surface area contributed by atoms with Crippen LogP contribution in [0.1, 0.15) is 20.3 Å². The molecular weight excluding hydrogens is 268 g/mol. The minimum atomic E-state index is -0.0871. The maximum absolute atomic E-state index is 11.8. The number of likely N-dealkylation sites (N-methyl/N-ethyl adjacent to an activating group) is 1. The normalized spacial score (nSPS) is 10.7. The zero-order valence-electron chi connectivity index (χ0n) is 12.8. The fourth-order valence-electron chi connectivity index (χ4n) is 1.77. The fraction of sp³-hybridized carbons (Fsp3) is 0.467. The second-order valence-corrected chi connectivity index (χ2v) is 5.38. The predicted molar refractivity (Wildman–Crippen MR) is 84.9 cm³/mol. The minimum absolute atomic E-state index is 0.0357. The number of benzene rings is 1. The van der Waals surface area contributed by atoms with Gasteiger partial charge in [-0.1, -0.05) is 0 Å². The van der Waals surface area contributed by atoms with Crippen LogP contribution in [-0.4, -0.2) is 42.9 Å². The number of anilines is 2. The largest absolute Gasteiger partial charge is 0.399 e. The Bertz CT molecular complexity index is 471. The molecule has 0 fully saturated rings. The van der Waals surface area contributed by atoms with Gasteiger partial charge >= 0.3 is 0 Å². The molecule has 6 heteroatoms. The number of nitrogens with two attached hydrogens (primary N) is 1. The van der Waals surface area contributed by atoms with Crippen molar-refractivity contribution in [3.05, 3.63) is 24.3 Å². The summed E-state index contributed by atoms with van der Waals surface area (Å²) < 4.78 is 0. The first-order valence-electron chi connectivity index (χ1n) is 7.00. The Hall–Kier alpha value is -2.08. The summed E-state index contributed by atoms with van der Waals surface area (Å²) in [6.45, 7) is 4.63. The van der Waals surface area contributed by atoms with Crippen molar-refractivity contribution < 1.29 is 9.59 Å². The van der Waals surface area contributed by atoms with Crippen molar-refractivity contribution in [1.82, 2.24) is 10.2 Å². The molecule has 0 aliphatic rings. The Morgan fingerprint density at radius 2 is 1.81 bits per heavy atom. The van der Waals surface area contributed by atoms with Gasteiger partial charge in [0.2, 0.25) is 11.8 Å². The topological polar surface area (TPSA) is 87.5 Å². The van der Waals surface area contributed by atoms with Crippen LogP contribution in [0.5, 0.6) is 0 Å². The van der Waals surface area contributed by atoms with E-state index >= 15 is 0 Å². The first kappa shape index (κ1) is 17.0. The quantitative estimate of drug-likeness (QED) is 0.656. The summed E-state index contributed by atoms with van der Waals surface area (Å²) in [5.41, 5.74) is 6.95. The van der Waals surface area contributed by atoms with Crippen LogP contribution in [0.2, 0.25) is 0 Å². The van der Waals surface area contributed by atoms with Crippen molar-refractivity contribution >= 4 is 23.2 Å². The molecule has 1 aromatic carbocycles. The van der Waals surface area contributed by atoms with Gasteiger partial charge in [-0.3, -0.25) is 14.5 Å². The zero-order valence-corrected chi connectivity index (χ0v) is 12.8. The van der Waals surface area contributed by atoms with Gasteiger partial charge in [-0.25, -0.2) is 0 Å². The van der Waals surface area contributed by atoms with Crippen LogP contribution in [0.4, 0.5) is 11.4 Å². The smallest absolute Gasteiger partial charge is 0.234 e. The molecule has 116 valence electrons. The number of hydrogen-bond donors (Lipinski definition) is 3. The van der Waals surface area contributed by atoms with E-state index in [0.29, 0.717) is 18.7 Å². The highest BCUT2D eigenvalue weighted by molar-refractivity contribution is 5.91. The Balaban J connectivity index is 2.29. The molecule has 0 aromatic heterocycles. The molecule has 0 aliphatic carbocycles. The average molecular weight is 292 g/mol. The third-order valence-electron chi connectivity index (χ3n) is 2.78. The summed E-state index contributed by atoms with van der Waals surface area (Å²) >= 11 is 0. The van der Waals surface area contributed by atoms with Gasteiger partial charge in [0.1, 0.15) is 0 Å². The van der Waals surface area contributed by atoms with Crippen LogP contribution < -0.4 is 16.4 Å². The molecule has 0 aliphatic heterocycles. The molecule has 0 spiro atoms. The minimum Gasteiger partial charge on any atom is -0.399 e. The molecule has 0 radical (unpaired) electrons. The Morgan fingerprint density at radius 1 is 1.19 bits per heavy atom. The van der Waals surface area contributed by atoms with Crippen molar-refractivity contribution in [2.24, 2.45) is 0 Å². The van der Waals surface area contributed by atoms with E-state index < -0.39 is 0 Å². The molecule has 0 saturated carbocycles. The highest BCUT2D eigenvalue weighted by Gasteiger charge is 2.09. The molecule has 0 unspecified atom stereocenters. The second-order valence-electron chi connectivity index (χ2n) is 5.38. The summed E-state index contributed by atoms with van der Waals surface area (Å²) in [4.78, 5) is 25.2. The number of amides is 2. The van der Waals surface area contributed by atoms with E-state index in [2.05, 4.69) is 10.6 Å². The third-order valence-corrected chi connectivity index (χ3v) is 2.78. The Morgan fingerprint density at radius 3 is 2.38 bits per heavy atom. The number of nitrogens with one attached hydrogen (secondary N) is 2. The lowest BCUT2D eigenvalue weighted by Gasteiger charge is -2.17. The van der Waals surface area contributed by atoms with E-state index in [1.807, 2.05) is 25.8 Å². The lowest BCUT2D eigenvalue weighted by Crippen LogP contribution is -2.39. The summed E-state index contributed by atoms with van der Waals surface area (Å²) in [5, 5.41) is 5.60. The van der Waals surface area contributed by atoms with Crippen LogP contribution in [0.3, 0.4) is 0 Å². The van der Waals surface area contributed by atoms with Gasteiger partial charge in [0.15, 0.2) is 0 Å². The first-order valence-corrected chi connectivity index (χ1v) is 7.00. The maximum Gasteiger partial charge on any atom is 0.234 e. The summed E-state index contributed by atoms with van der Waals surface area (Å²) in [7, 11) is 1.82. The van der Waals surface area contributed by atoms with Crippen molar-refractivity contribution in [3.8, 4) is 0 Å². The molecule has 6 nitrogen and oxygen atoms in total. The predicted octanol–water partition coefficient (Wildman–Crippen LogP) is 1.05. The highest BCUT2D eigenvalue weighted by atomic mass is 16.2. The number of carbonyl (C=O) groups is 2. The van der Waals surface area contributed by atoms with Crippen LogP contribution in [0.25, 0.3) is 0 Å². The number of rotatable bonds is 7. The zero-order chi connectivity index (χ0) is 15.8. The Labute approximate surface area is 125 Å². The average Bonchev–Trinajstić information content (AvgIpc) is 2.38. The highest BCUT2D eigenvalue weighted by Crippen LogP contribution is 2.10. The van der Waals surface area contributed by atoms with Crippen LogP contribution >= 0.6 is 0 Å². The van der Waals surface area contributed by atoms with Crippen molar-refractivity contribution in [3.63, 3.8) is 0 Å². The third kappa shape index (κ3) is 7.31. The lowest BCUT2D eigenvalue weighted by atomic mass is 10.2. The standard InChI is InChI=1S/C15H24N4O2/c1-11(2)17-15(21)10-19(3)9-8-14(20)18-13-6-4-12(16)5-7-13/h4-7,11H,8-10,16H2,1-3H3,(H,17,21)(H,18,20). The van der Waals surface area contributed by atoms with E-state index in [-0.39, 0.29) is 24.4 Å². The summed E-state index contributed by atoms with van der Waals surface area (Å²) in [6.07, 6.45) is 0.329. The molecule has 0 heterocycles. The summed E-state index contributed by atoms with van der Waals surface area (Å²) in [6, 6.07) is 7.11. The SMILES string of the molecule is CC(C)NC(=O)CN(C)CCC(=O)Nc1ccc(N)cc1. The molecule has 4 N–H and O–H groups in total. The molecule has 0 atom stereocenters. The molecule has 2 amide bonds. The number of hydrogen-bond acceptors (Lipinski definition) is 4. The van der Waals surface area contributed by atoms with Crippen LogP contribution in [0, 0.1) is 0 Å². The molecule has 0 bridgehead atoms. The van der Waals surface area contributed by atoms with Gasteiger partial charge in [-0.15, -0.1) is 0 Å². The lowest BCUT2D eigenvalue weighted by molar-refractivity contribution is -0.123. The van der Waals surface area contributed by atoms with Gasteiger partial charge in [-0.2, -0.15) is 0 Å². The van der Waals surface area contributed by atoms with E-state index in [0.717, 1.165) is 5.69 Å². The van der Waals surface area contributed by atoms with E-state index in [9.17, 15) is 9.59 Å². The van der Waals surface area contributed by atoms with E-state index in [4.69, 9.17) is 5.73 Å². The fourth-order valence-corrected chi connectivity index (χ4v) is 1.77. The van der Waals surface area contributed by atoms with Crippen molar-refractivity contribution in [2.45, 2.75) is 26.3 Å². The molecule has 21 heavy (non-hydrogen) atoms. The molecule has 1 aromatic rings. The number of nitrogen functional groups attached to an aromatic ring is 1. The second kappa shape index (κ2) is 8.26. The monoisotopic (exact) mass is 292 g/mol. The maximum atomic E-state index is 11.8. The van der Waals surface area contributed by atoms with E-state index in [1.165, 1.54) is 0 Å². The first-order chi connectivity index (χ1) is 9.86. The van der Waals surface area contributed by atoms with Crippen LogP contribution in [0.15, 0.2) is 24.3 Å².